The molecule has 0 radical (unpaired) electrons. The van der Waals surface area contributed by atoms with E-state index in [2.05, 4.69) is 31.2 Å². The Morgan fingerprint density at radius 2 is 2.29 bits per heavy atom. The standard InChI is InChI=1S/C11H23N3/c1-4-8-13-10(14-12)9-6-5-7-11(9,2)3/h9H,4-8,12H2,1-3H3,(H,13,14). The molecule has 1 fully saturated rings. The van der Waals surface area contributed by atoms with E-state index in [9.17, 15) is 0 Å². The molecule has 82 valence electrons. The minimum atomic E-state index is 0.360. The summed E-state index contributed by atoms with van der Waals surface area (Å²) in [7, 11) is 0. The summed E-state index contributed by atoms with van der Waals surface area (Å²) in [6, 6.07) is 0. The van der Waals surface area contributed by atoms with Gasteiger partial charge in [-0.15, -0.1) is 0 Å². The highest BCUT2D eigenvalue weighted by molar-refractivity contribution is 5.85. The van der Waals surface area contributed by atoms with Gasteiger partial charge in [-0.1, -0.05) is 27.2 Å². The molecule has 0 aromatic carbocycles. The summed E-state index contributed by atoms with van der Waals surface area (Å²) in [5.41, 5.74) is 3.14. The maximum Gasteiger partial charge on any atom is 0.114 e. The Labute approximate surface area is 87.1 Å². The van der Waals surface area contributed by atoms with Gasteiger partial charge in [-0.25, -0.2) is 5.84 Å². The van der Waals surface area contributed by atoms with Crippen LogP contribution in [0.25, 0.3) is 0 Å². The quantitative estimate of drug-likeness (QED) is 0.315. The minimum Gasteiger partial charge on any atom is -0.312 e. The Balaban J connectivity index is 2.69. The normalized spacial score (nSPS) is 26.6. The zero-order valence-corrected chi connectivity index (χ0v) is 9.64. The molecule has 3 nitrogen and oxygen atoms in total. The summed E-state index contributed by atoms with van der Waals surface area (Å²) in [6.45, 7) is 7.64. The molecule has 0 bridgehead atoms. The van der Waals surface area contributed by atoms with E-state index in [0.717, 1.165) is 18.8 Å². The van der Waals surface area contributed by atoms with E-state index >= 15 is 0 Å². The van der Waals surface area contributed by atoms with Gasteiger partial charge in [-0.3, -0.25) is 4.99 Å². The first-order valence-corrected chi connectivity index (χ1v) is 5.62. The number of nitrogens with two attached hydrogens (primary N) is 1. The Kier molecular flexibility index (Phi) is 3.93. The van der Waals surface area contributed by atoms with Crippen molar-refractivity contribution in [3.63, 3.8) is 0 Å². The van der Waals surface area contributed by atoms with Gasteiger partial charge in [0.15, 0.2) is 0 Å². The van der Waals surface area contributed by atoms with Crippen LogP contribution in [0.4, 0.5) is 0 Å². The maximum atomic E-state index is 5.53. The van der Waals surface area contributed by atoms with Crippen LogP contribution < -0.4 is 11.3 Å². The summed E-state index contributed by atoms with van der Waals surface area (Å²) in [6.07, 6.45) is 4.88. The molecule has 1 unspecified atom stereocenters. The fourth-order valence-corrected chi connectivity index (χ4v) is 2.32. The second-order valence-electron chi connectivity index (χ2n) is 4.84. The molecule has 0 aliphatic heterocycles. The molecule has 1 atom stereocenters. The van der Waals surface area contributed by atoms with Gasteiger partial charge in [-0.2, -0.15) is 0 Å². The highest BCUT2D eigenvalue weighted by atomic mass is 15.3. The van der Waals surface area contributed by atoms with Crippen LogP contribution in [0.1, 0.15) is 46.5 Å². The SMILES string of the molecule is CCCN=C(NN)C1CCCC1(C)C. The molecule has 0 spiro atoms. The number of amidine groups is 1. The second-order valence-corrected chi connectivity index (χ2v) is 4.84. The van der Waals surface area contributed by atoms with E-state index in [-0.39, 0.29) is 0 Å². The van der Waals surface area contributed by atoms with Crippen molar-refractivity contribution in [2.24, 2.45) is 22.2 Å². The van der Waals surface area contributed by atoms with Crippen LogP contribution in [-0.2, 0) is 0 Å². The number of hydrogen-bond donors (Lipinski definition) is 2. The first-order chi connectivity index (χ1) is 6.61. The van der Waals surface area contributed by atoms with E-state index in [4.69, 9.17) is 5.84 Å². The largest absolute Gasteiger partial charge is 0.312 e. The van der Waals surface area contributed by atoms with Gasteiger partial charge in [-0.05, 0) is 24.7 Å². The van der Waals surface area contributed by atoms with Gasteiger partial charge in [0.05, 0.1) is 0 Å². The molecule has 1 aliphatic carbocycles. The van der Waals surface area contributed by atoms with E-state index < -0.39 is 0 Å². The van der Waals surface area contributed by atoms with Gasteiger partial charge < -0.3 is 5.43 Å². The zero-order chi connectivity index (χ0) is 10.6. The summed E-state index contributed by atoms with van der Waals surface area (Å²) in [5, 5.41) is 0. The van der Waals surface area contributed by atoms with Crippen molar-refractivity contribution in [1.29, 1.82) is 0 Å². The topological polar surface area (TPSA) is 50.4 Å². The molecule has 0 saturated heterocycles. The van der Waals surface area contributed by atoms with Crippen LogP contribution in [0.3, 0.4) is 0 Å². The van der Waals surface area contributed by atoms with Crippen molar-refractivity contribution in [3.8, 4) is 0 Å². The second kappa shape index (κ2) is 4.78. The van der Waals surface area contributed by atoms with Crippen molar-refractivity contribution in [2.45, 2.75) is 46.5 Å². The molecule has 3 heteroatoms. The van der Waals surface area contributed by atoms with Crippen LogP contribution in [0.15, 0.2) is 4.99 Å². The van der Waals surface area contributed by atoms with Gasteiger partial charge in [0.25, 0.3) is 0 Å². The molecular weight excluding hydrogens is 174 g/mol. The van der Waals surface area contributed by atoms with Crippen LogP contribution in [0.5, 0.6) is 0 Å². The zero-order valence-electron chi connectivity index (χ0n) is 9.64. The number of rotatable bonds is 3. The lowest BCUT2D eigenvalue weighted by atomic mass is 9.81. The Morgan fingerprint density at radius 3 is 2.71 bits per heavy atom. The molecule has 0 amide bonds. The van der Waals surface area contributed by atoms with Gasteiger partial charge in [0.2, 0.25) is 0 Å². The van der Waals surface area contributed by atoms with Crippen LogP contribution in [-0.4, -0.2) is 12.4 Å². The number of hydrogen-bond acceptors (Lipinski definition) is 2. The molecule has 0 aromatic rings. The van der Waals surface area contributed by atoms with E-state index in [1.165, 1.54) is 19.3 Å². The first-order valence-electron chi connectivity index (χ1n) is 5.62. The predicted molar refractivity (Wildman–Crippen MR) is 61.0 cm³/mol. The highest BCUT2D eigenvalue weighted by Crippen LogP contribution is 2.42. The maximum absolute atomic E-state index is 5.53. The van der Waals surface area contributed by atoms with Gasteiger partial charge >= 0.3 is 0 Å². The molecule has 0 heterocycles. The number of nitrogens with one attached hydrogen (secondary N) is 1. The molecule has 3 N–H and O–H groups in total. The van der Waals surface area contributed by atoms with Gasteiger partial charge in [0.1, 0.15) is 5.84 Å². The van der Waals surface area contributed by atoms with Crippen molar-refractivity contribution < 1.29 is 0 Å². The summed E-state index contributed by atoms with van der Waals surface area (Å²) >= 11 is 0. The van der Waals surface area contributed by atoms with E-state index in [1.807, 2.05) is 0 Å². The lowest BCUT2D eigenvalue weighted by Crippen LogP contribution is -2.40. The summed E-state index contributed by atoms with van der Waals surface area (Å²) < 4.78 is 0. The average molecular weight is 197 g/mol. The molecule has 1 aliphatic rings. The first kappa shape index (κ1) is 11.5. The van der Waals surface area contributed by atoms with E-state index in [0.29, 0.717) is 11.3 Å². The van der Waals surface area contributed by atoms with E-state index in [1.54, 1.807) is 0 Å². The monoisotopic (exact) mass is 197 g/mol. The van der Waals surface area contributed by atoms with Crippen LogP contribution >= 0.6 is 0 Å². The summed E-state index contributed by atoms with van der Waals surface area (Å²) in [5.74, 6) is 7.07. The average Bonchev–Trinajstić information content (AvgIpc) is 2.48. The minimum absolute atomic E-state index is 0.360. The van der Waals surface area contributed by atoms with Crippen molar-refractivity contribution in [2.75, 3.05) is 6.54 Å². The summed E-state index contributed by atoms with van der Waals surface area (Å²) in [4.78, 5) is 4.52. The third kappa shape index (κ3) is 2.47. The molecule has 14 heavy (non-hydrogen) atoms. The highest BCUT2D eigenvalue weighted by Gasteiger charge is 2.37. The molecule has 1 saturated carbocycles. The van der Waals surface area contributed by atoms with Gasteiger partial charge in [0, 0.05) is 12.5 Å². The Morgan fingerprint density at radius 1 is 1.57 bits per heavy atom. The van der Waals surface area contributed by atoms with Crippen molar-refractivity contribution >= 4 is 5.84 Å². The molecule has 1 rings (SSSR count). The van der Waals surface area contributed by atoms with Crippen molar-refractivity contribution in [3.05, 3.63) is 0 Å². The lowest BCUT2D eigenvalue weighted by molar-refractivity contribution is 0.321. The van der Waals surface area contributed by atoms with Crippen LogP contribution in [0.2, 0.25) is 0 Å². The smallest absolute Gasteiger partial charge is 0.114 e. The number of nitrogens with zero attached hydrogens (tertiary/aromatic N) is 1. The molecule has 0 aromatic heterocycles. The third-order valence-electron chi connectivity index (χ3n) is 3.24. The lowest BCUT2D eigenvalue weighted by Gasteiger charge is -2.27. The Bertz CT molecular complexity index is 209. The predicted octanol–water partition coefficient (Wildman–Crippen LogP) is 2.08. The Hall–Kier alpha value is -0.570. The van der Waals surface area contributed by atoms with Crippen LogP contribution in [0, 0.1) is 11.3 Å². The number of hydrazine groups is 1. The number of aliphatic imine (C=N–C) groups is 1. The van der Waals surface area contributed by atoms with Crippen molar-refractivity contribution in [1.82, 2.24) is 5.43 Å². The fraction of sp³-hybridized carbons (Fsp3) is 0.909. The fourth-order valence-electron chi connectivity index (χ4n) is 2.32. The third-order valence-corrected chi connectivity index (χ3v) is 3.24. The molecular formula is C11H23N3.